The average molecular weight is 398 g/mol. The first-order valence-corrected chi connectivity index (χ1v) is 9.81. The van der Waals surface area contributed by atoms with E-state index in [9.17, 15) is 9.90 Å². The van der Waals surface area contributed by atoms with E-state index in [1.807, 2.05) is 59.2 Å². The van der Waals surface area contributed by atoms with Gasteiger partial charge in [-0.25, -0.2) is 4.98 Å². The van der Waals surface area contributed by atoms with Crippen LogP contribution in [0.3, 0.4) is 0 Å². The average Bonchev–Trinajstić information content (AvgIpc) is 2.98. The van der Waals surface area contributed by atoms with Crippen LogP contribution in [0.25, 0.3) is 11.4 Å². The Labute approximate surface area is 170 Å². The number of imidazole rings is 1. The molecule has 0 aliphatic carbocycles. The number of carboxylic acids is 1. The number of rotatable bonds is 9. The van der Waals surface area contributed by atoms with Crippen LogP contribution < -0.4 is 5.32 Å². The molecule has 1 heterocycles. The summed E-state index contributed by atoms with van der Waals surface area (Å²) in [5.41, 5.74) is 3.44. The second-order valence-electron chi connectivity index (χ2n) is 6.64. The Morgan fingerprint density at radius 1 is 1.14 bits per heavy atom. The largest absolute Gasteiger partial charge is 0.481 e. The Morgan fingerprint density at radius 3 is 2.57 bits per heavy atom. The van der Waals surface area contributed by atoms with Crippen LogP contribution in [-0.4, -0.2) is 27.2 Å². The number of unbranched alkanes of at least 4 members (excludes halogenated alkanes) is 1. The number of nitrogens with zero attached hydrogens (tertiary/aromatic N) is 2. The minimum atomic E-state index is -0.933. The maximum Gasteiger partial charge on any atom is 0.309 e. The molecule has 3 rings (SSSR count). The molecule has 1 aromatic heterocycles. The van der Waals surface area contributed by atoms with Gasteiger partial charge in [0.1, 0.15) is 5.82 Å². The molecule has 0 radical (unpaired) electrons. The topological polar surface area (TPSA) is 67.2 Å². The molecule has 3 aromatic rings. The third-order valence-corrected chi connectivity index (χ3v) is 4.84. The van der Waals surface area contributed by atoms with Crippen molar-refractivity contribution < 1.29 is 9.90 Å². The zero-order chi connectivity index (χ0) is 19.9. The van der Waals surface area contributed by atoms with E-state index in [2.05, 4.69) is 17.2 Å². The van der Waals surface area contributed by atoms with E-state index in [1.165, 1.54) is 0 Å². The van der Waals surface area contributed by atoms with Gasteiger partial charge in [0.2, 0.25) is 0 Å². The van der Waals surface area contributed by atoms with Crippen LogP contribution in [0.5, 0.6) is 0 Å². The summed E-state index contributed by atoms with van der Waals surface area (Å²) in [4.78, 5) is 15.9. The standard InChI is InChI=1S/C22H24ClN3O2/c1-2-3-13-24-18-12-8-7-11-17(18)22-25-21(23)19(14-20(27)28)26(22)15-16-9-5-4-6-10-16/h4-12,24H,2-3,13-15H2,1H3,(H,27,28). The Morgan fingerprint density at radius 2 is 1.86 bits per heavy atom. The quantitative estimate of drug-likeness (QED) is 0.493. The molecule has 0 spiro atoms. The van der Waals surface area contributed by atoms with Gasteiger partial charge in [-0.3, -0.25) is 4.79 Å². The molecular weight excluding hydrogens is 374 g/mol. The summed E-state index contributed by atoms with van der Waals surface area (Å²) in [7, 11) is 0. The zero-order valence-corrected chi connectivity index (χ0v) is 16.6. The van der Waals surface area contributed by atoms with Crippen molar-refractivity contribution >= 4 is 23.3 Å². The van der Waals surface area contributed by atoms with Crippen molar-refractivity contribution in [1.29, 1.82) is 0 Å². The summed E-state index contributed by atoms with van der Waals surface area (Å²) >= 11 is 6.37. The fraction of sp³-hybridized carbons (Fsp3) is 0.273. The zero-order valence-electron chi connectivity index (χ0n) is 15.9. The molecule has 28 heavy (non-hydrogen) atoms. The Kier molecular flexibility index (Phi) is 6.71. The summed E-state index contributed by atoms with van der Waals surface area (Å²) in [6.07, 6.45) is 1.99. The monoisotopic (exact) mass is 397 g/mol. The van der Waals surface area contributed by atoms with Gasteiger partial charge < -0.3 is 15.0 Å². The highest BCUT2D eigenvalue weighted by atomic mass is 35.5. The number of hydrogen-bond acceptors (Lipinski definition) is 3. The van der Waals surface area contributed by atoms with Crippen molar-refractivity contribution in [1.82, 2.24) is 9.55 Å². The summed E-state index contributed by atoms with van der Waals surface area (Å²) in [6, 6.07) is 17.8. The number of aliphatic carboxylic acids is 1. The molecule has 0 fully saturated rings. The number of hydrogen-bond donors (Lipinski definition) is 2. The van der Waals surface area contributed by atoms with E-state index >= 15 is 0 Å². The number of nitrogens with one attached hydrogen (secondary N) is 1. The summed E-state index contributed by atoms with van der Waals surface area (Å²) < 4.78 is 1.91. The lowest BCUT2D eigenvalue weighted by atomic mass is 10.1. The minimum absolute atomic E-state index is 0.176. The lowest BCUT2D eigenvalue weighted by Crippen LogP contribution is -2.11. The first-order valence-electron chi connectivity index (χ1n) is 9.44. The number of aromatic nitrogens is 2. The van der Waals surface area contributed by atoms with Crippen molar-refractivity contribution in [3.63, 3.8) is 0 Å². The van der Waals surface area contributed by atoms with E-state index in [0.29, 0.717) is 18.1 Å². The normalized spacial score (nSPS) is 10.8. The fourth-order valence-electron chi connectivity index (χ4n) is 3.14. The van der Waals surface area contributed by atoms with E-state index in [0.717, 1.165) is 36.2 Å². The molecule has 0 atom stereocenters. The molecule has 2 aromatic carbocycles. The molecule has 0 bridgehead atoms. The van der Waals surface area contributed by atoms with Gasteiger partial charge in [-0.1, -0.05) is 67.4 Å². The van der Waals surface area contributed by atoms with Gasteiger partial charge in [-0.05, 0) is 24.1 Å². The molecule has 6 heteroatoms. The van der Waals surface area contributed by atoms with Crippen LogP contribution >= 0.6 is 11.6 Å². The lowest BCUT2D eigenvalue weighted by Gasteiger charge is -2.15. The van der Waals surface area contributed by atoms with Gasteiger partial charge in [-0.15, -0.1) is 0 Å². The molecule has 0 aliphatic heterocycles. The highest BCUT2D eigenvalue weighted by molar-refractivity contribution is 6.30. The van der Waals surface area contributed by atoms with Crippen LogP contribution in [0.2, 0.25) is 5.15 Å². The number of para-hydroxylation sites is 1. The Hall–Kier alpha value is -2.79. The third-order valence-electron chi connectivity index (χ3n) is 4.54. The van der Waals surface area contributed by atoms with Crippen molar-refractivity contribution in [2.45, 2.75) is 32.7 Å². The van der Waals surface area contributed by atoms with E-state index in [1.54, 1.807) is 0 Å². The summed E-state index contributed by atoms with van der Waals surface area (Å²) in [5, 5.41) is 13.0. The molecule has 0 amide bonds. The van der Waals surface area contributed by atoms with E-state index in [4.69, 9.17) is 11.6 Å². The first-order chi connectivity index (χ1) is 13.6. The van der Waals surface area contributed by atoms with Crippen molar-refractivity contribution in [3.8, 4) is 11.4 Å². The Bertz CT molecular complexity index is 938. The van der Waals surface area contributed by atoms with Crippen molar-refractivity contribution in [2.24, 2.45) is 0 Å². The molecule has 0 aliphatic rings. The van der Waals surface area contributed by atoms with Crippen LogP contribution in [0, 0.1) is 0 Å². The molecule has 0 saturated carbocycles. The van der Waals surface area contributed by atoms with Crippen LogP contribution in [0.4, 0.5) is 5.69 Å². The van der Waals surface area contributed by atoms with Crippen molar-refractivity contribution in [3.05, 3.63) is 71.0 Å². The van der Waals surface area contributed by atoms with Crippen LogP contribution in [0.1, 0.15) is 31.0 Å². The second-order valence-corrected chi connectivity index (χ2v) is 7.00. The number of carboxylic acid groups (broad SMARTS) is 1. The van der Waals surface area contributed by atoms with Gasteiger partial charge in [-0.2, -0.15) is 0 Å². The summed E-state index contributed by atoms with van der Waals surface area (Å²) in [5.74, 6) is -0.262. The SMILES string of the molecule is CCCCNc1ccccc1-c1nc(Cl)c(CC(=O)O)n1Cc1ccccc1. The van der Waals surface area contributed by atoms with Gasteiger partial charge >= 0.3 is 5.97 Å². The molecule has 0 unspecified atom stereocenters. The first kappa shape index (κ1) is 20.0. The van der Waals surface area contributed by atoms with Gasteiger partial charge in [0.25, 0.3) is 0 Å². The fourth-order valence-corrected chi connectivity index (χ4v) is 3.39. The highest BCUT2D eigenvalue weighted by Crippen LogP contribution is 2.32. The minimum Gasteiger partial charge on any atom is -0.481 e. The van der Waals surface area contributed by atoms with Crippen molar-refractivity contribution in [2.75, 3.05) is 11.9 Å². The molecule has 5 nitrogen and oxygen atoms in total. The predicted molar refractivity (Wildman–Crippen MR) is 113 cm³/mol. The lowest BCUT2D eigenvalue weighted by molar-refractivity contribution is -0.136. The third kappa shape index (κ3) is 4.73. The number of anilines is 1. The second kappa shape index (κ2) is 9.42. The number of carbonyl (C=O) groups is 1. The van der Waals surface area contributed by atoms with Crippen LogP contribution in [0.15, 0.2) is 54.6 Å². The maximum atomic E-state index is 11.4. The summed E-state index contributed by atoms with van der Waals surface area (Å²) in [6.45, 7) is 3.52. The smallest absolute Gasteiger partial charge is 0.309 e. The highest BCUT2D eigenvalue weighted by Gasteiger charge is 2.21. The van der Waals surface area contributed by atoms with Gasteiger partial charge in [0.05, 0.1) is 12.1 Å². The van der Waals surface area contributed by atoms with Gasteiger partial charge in [0.15, 0.2) is 5.15 Å². The van der Waals surface area contributed by atoms with E-state index in [-0.39, 0.29) is 11.6 Å². The predicted octanol–water partition coefficient (Wildman–Crippen LogP) is 5.09. The van der Waals surface area contributed by atoms with Gasteiger partial charge in [0, 0.05) is 24.3 Å². The molecule has 146 valence electrons. The maximum absolute atomic E-state index is 11.4. The molecule has 0 saturated heterocycles. The van der Waals surface area contributed by atoms with E-state index < -0.39 is 5.97 Å². The number of halogens is 1. The number of benzene rings is 2. The Balaban J connectivity index is 2.07. The molecule has 2 N–H and O–H groups in total. The van der Waals surface area contributed by atoms with Crippen LogP contribution in [-0.2, 0) is 17.8 Å². The molecular formula is C22H24ClN3O2.